The Bertz CT molecular complexity index is 102. The molecule has 0 radical (unpaired) electrons. The largest absolute Gasteiger partial charge is 0.510 e. The minimum absolute atomic E-state index is 0.276. The fourth-order valence-electron chi connectivity index (χ4n) is 0.469. The van der Waals surface area contributed by atoms with E-state index >= 15 is 0 Å². The molecule has 72 valence electrons. The quantitative estimate of drug-likeness (QED) is 0.371. The lowest BCUT2D eigenvalue weighted by atomic mass is 10.4. The Labute approximate surface area is 71.2 Å². The van der Waals surface area contributed by atoms with E-state index in [2.05, 4.69) is 14.2 Å². The Balaban J connectivity index is 3.10. The minimum atomic E-state index is -0.767. The molecule has 0 unspecified atom stereocenters. The lowest BCUT2D eigenvalue weighted by Gasteiger charge is -2.04. The van der Waals surface area contributed by atoms with Crippen LogP contribution < -0.4 is 0 Å². The number of hydrogen-bond donors (Lipinski definition) is 1. The lowest BCUT2D eigenvalue weighted by Crippen LogP contribution is -2.11. The second-order valence-corrected chi connectivity index (χ2v) is 2.05. The summed E-state index contributed by atoms with van der Waals surface area (Å²) in [5.74, 6) is 0. The molecule has 5 nitrogen and oxygen atoms in total. The summed E-state index contributed by atoms with van der Waals surface area (Å²) in [4.78, 5) is 10.6. The number of carbonyl (C=O) groups excluding carboxylic acids is 1. The zero-order valence-corrected chi connectivity index (χ0v) is 7.12. The molecule has 0 saturated heterocycles. The van der Waals surface area contributed by atoms with Crippen LogP contribution in [0.2, 0.25) is 0 Å². The molecule has 12 heavy (non-hydrogen) atoms. The van der Waals surface area contributed by atoms with Gasteiger partial charge in [-0.1, -0.05) is 13.3 Å². The van der Waals surface area contributed by atoms with Crippen molar-refractivity contribution in [1.82, 2.24) is 0 Å². The van der Waals surface area contributed by atoms with Crippen LogP contribution in [-0.2, 0) is 14.2 Å². The van der Waals surface area contributed by atoms with Crippen molar-refractivity contribution in [3.63, 3.8) is 0 Å². The van der Waals surface area contributed by atoms with Crippen molar-refractivity contribution >= 4 is 6.16 Å². The van der Waals surface area contributed by atoms with Gasteiger partial charge in [0.1, 0.15) is 6.79 Å². The summed E-state index contributed by atoms with van der Waals surface area (Å²) in [6.45, 7) is 1.60. The first-order chi connectivity index (χ1) is 5.81. The molecule has 0 bridgehead atoms. The normalized spacial score (nSPS) is 9.50. The lowest BCUT2D eigenvalue weighted by molar-refractivity contribution is -0.0949. The topological polar surface area (TPSA) is 65.0 Å². The fourth-order valence-corrected chi connectivity index (χ4v) is 0.469. The average molecular weight is 178 g/mol. The number of aliphatic hydroxyl groups is 1. The molecule has 0 heterocycles. The van der Waals surface area contributed by atoms with Gasteiger partial charge in [-0.2, -0.15) is 0 Å². The molecule has 0 aromatic rings. The molecule has 5 heteroatoms. The first-order valence-corrected chi connectivity index (χ1v) is 3.79. The van der Waals surface area contributed by atoms with Crippen molar-refractivity contribution in [3.8, 4) is 0 Å². The van der Waals surface area contributed by atoms with Crippen LogP contribution in [0.4, 0.5) is 4.79 Å². The van der Waals surface area contributed by atoms with Crippen LogP contribution >= 0.6 is 0 Å². The van der Waals surface area contributed by atoms with E-state index in [4.69, 9.17) is 5.11 Å². The highest BCUT2D eigenvalue weighted by Crippen LogP contribution is 1.91. The van der Waals surface area contributed by atoms with Gasteiger partial charge < -0.3 is 19.3 Å². The molecule has 0 aliphatic carbocycles. The van der Waals surface area contributed by atoms with E-state index in [1.807, 2.05) is 6.92 Å². The number of ether oxygens (including phenoxy) is 3. The van der Waals surface area contributed by atoms with E-state index in [-0.39, 0.29) is 6.79 Å². The highest BCUT2D eigenvalue weighted by atomic mass is 16.8. The molecule has 0 aromatic heterocycles. The zero-order valence-electron chi connectivity index (χ0n) is 7.12. The monoisotopic (exact) mass is 178 g/mol. The highest BCUT2D eigenvalue weighted by molar-refractivity contribution is 5.59. The first-order valence-electron chi connectivity index (χ1n) is 3.79. The fraction of sp³-hybridized carbons (Fsp3) is 0.857. The Morgan fingerprint density at radius 3 is 2.75 bits per heavy atom. The maximum atomic E-state index is 10.6. The Hall–Kier alpha value is -0.810. The summed E-state index contributed by atoms with van der Waals surface area (Å²) < 4.78 is 13.3. The minimum Gasteiger partial charge on any atom is -0.434 e. The summed E-state index contributed by atoms with van der Waals surface area (Å²) in [6.07, 6.45) is 1.01. The number of aliphatic hydroxyl groups excluding tert-OH is 1. The summed E-state index contributed by atoms with van der Waals surface area (Å²) in [5, 5.41) is 8.14. The van der Waals surface area contributed by atoms with Gasteiger partial charge in [-0.25, -0.2) is 4.79 Å². The molecular formula is C7H14O5. The van der Waals surface area contributed by atoms with Crippen LogP contribution in [0.15, 0.2) is 0 Å². The van der Waals surface area contributed by atoms with Crippen molar-refractivity contribution < 1.29 is 24.1 Å². The molecule has 0 aromatic carbocycles. The molecule has 1 N–H and O–H groups in total. The Kier molecular flexibility index (Phi) is 7.73. The van der Waals surface area contributed by atoms with Gasteiger partial charge in [0.15, 0.2) is 6.79 Å². The molecule has 0 atom stereocenters. The van der Waals surface area contributed by atoms with Crippen LogP contribution in [0.5, 0.6) is 0 Å². The summed E-state index contributed by atoms with van der Waals surface area (Å²) in [6, 6.07) is 0. The Morgan fingerprint density at radius 1 is 1.42 bits per heavy atom. The van der Waals surface area contributed by atoms with Crippen molar-refractivity contribution in [2.24, 2.45) is 0 Å². The molecule has 0 rings (SSSR count). The van der Waals surface area contributed by atoms with Gasteiger partial charge in [0.2, 0.25) is 0 Å². The van der Waals surface area contributed by atoms with E-state index in [1.165, 1.54) is 0 Å². The summed E-state index contributed by atoms with van der Waals surface area (Å²) in [5.41, 5.74) is 0. The molecule has 0 saturated carbocycles. The van der Waals surface area contributed by atoms with Crippen molar-refractivity contribution in [1.29, 1.82) is 0 Å². The number of hydrogen-bond acceptors (Lipinski definition) is 5. The van der Waals surface area contributed by atoms with Crippen LogP contribution in [0.3, 0.4) is 0 Å². The van der Waals surface area contributed by atoms with Crippen molar-refractivity contribution in [3.05, 3.63) is 0 Å². The number of unbranched alkanes of at least 4 members (excludes halogenated alkanes) is 1. The second-order valence-electron chi connectivity index (χ2n) is 2.05. The van der Waals surface area contributed by atoms with Gasteiger partial charge in [0.05, 0.1) is 6.61 Å². The average Bonchev–Trinajstić information content (AvgIpc) is 2.06. The van der Waals surface area contributed by atoms with Crippen molar-refractivity contribution in [2.45, 2.75) is 19.8 Å². The maximum absolute atomic E-state index is 10.6. The van der Waals surface area contributed by atoms with Crippen LogP contribution in [0.1, 0.15) is 19.8 Å². The number of rotatable bonds is 6. The van der Waals surface area contributed by atoms with Gasteiger partial charge in [-0.3, -0.25) is 0 Å². The maximum Gasteiger partial charge on any atom is 0.510 e. The second kappa shape index (κ2) is 8.29. The van der Waals surface area contributed by atoms with Gasteiger partial charge in [-0.15, -0.1) is 0 Å². The van der Waals surface area contributed by atoms with Crippen LogP contribution in [0.25, 0.3) is 0 Å². The van der Waals surface area contributed by atoms with E-state index in [1.54, 1.807) is 0 Å². The molecule has 0 fully saturated rings. The third kappa shape index (κ3) is 7.30. The molecular weight excluding hydrogens is 164 g/mol. The third-order valence-electron chi connectivity index (χ3n) is 1.07. The SMILES string of the molecule is CCCCOC(=O)OCOCO. The summed E-state index contributed by atoms with van der Waals surface area (Å²) in [7, 11) is 0. The van der Waals surface area contributed by atoms with Crippen LogP contribution in [0, 0.1) is 0 Å². The zero-order chi connectivity index (χ0) is 9.23. The molecule has 0 aliphatic heterocycles. The van der Waals surface area contributed by atoms with Gasteiger partial charge in [0, 0.05) is 0 Å². The van der Waals surface area contributed by atoms with Crippen LogP contribution in [-0.4, -0.2) is 31.5 Å². The number of carbonyl (C=O) groups is 1. The van der Waals surface area contributed by atoms with E-state index in [0.717, 1.165) is 12.8 Å². The van der Waals surface area contributed by atoms with E-state index in [9.17, 15) is 4.79 Å². The molecule has 0 spiro atoms. The highest BCUT2D eigenvalue weighted by Gasteiger charge is 2.01. The Morgan fingerprint density at radius 2 is 2.17 bits per heavy atom. The summed E-state index contributed by atoms with van der Waals surface area (Å²) >= 11 is 0. The third-order valence-corrected chi connectivity index (χ3v) is 1.07. The standard InChI is InChI=1S/C7H14O5/c1-2-3-4-11-7(9)12-6-10-5-8/h8H,2-6H2,1H3. The van der Waals surface area contributed by atoms with E-state index < -0.39 is 12.9 Å². The first kappa shape index (κ1) is 11.2. The molecule has 0 aliphatic rings. The van der Waals surface area contributed by atoms with Gasteiger partial charge in [0.25, 0.3) is 0 Å². The van der Waals surface area contributed by atoms with E-state index in [0.29, 0.717) is 6.61 Å². The predicted molar refractivity (Wildman–Crippen MR) is 40.4 cm³/mol. The predicted octanol–water partition coefficient (Wildman–Crippen LogP) is 0.864. The van der Waals surface area contributed by atoms with Crippen molar-refractivity contribution in [2.75, 3.05) is 20.2 Å². The smallest absolute Gasteiger partial charge is 0.434 e. The van der Waals surface area contributed by atoms with Gasteiger partial charge in [-0.05, 0) is 6.42 Å². The van der Waals surface area contributed by atoms with Gasteiger partial charge >= 0.3 is 6.16 Å². The molecule has 0 amide bonds.